The molecule has 0 unspecified atom stereocenters. The van der Waals surface area contributed by atoms with E-state index in [1.54, 1.807) is 18.7 Å². The molecule has 9 aromatic rings. The van der Waals surface area contributed by atoms with Gasteiger partial charge in [0, 0.05) is 49.4 Å². The second-order valence-electron chi connectivity index (χ2n) is 11.0. The third kappa shape index (κ3) is 6.15. The first-order chi connectivity index (χ1) is 23.3. The van der Waals surface area contributed by atoms with Crippen LogP contribution >= 0.6 is 0 Å². The van der Waals surface area contributed by atoms with Crippen LogP contribution in [0.4, 0.5) is 0 Å². The molecule has 0 amide bonds. The van der Waals surface area contributed by atoms with Crippen LogP contribution < -0.4 is 0 Å². The molecule has 4 aromatic heterocycles. The van der Waals surface area contributed by atoms with Gasteiger partial charge in [-0.05, 0) is 58.8 Å². The van der Waals surface area contributed by atoms with Crippen molar-refractivity contribution in [3.8, 4) is 50.6 Å². The standard InChI is InChI=1S/C31H19N2O2.C11H8N.Ir/c1-2-6-21(7-3-1)22-10-13-25(14-11-22)33-29-9-5-4-8-28(29)32-31(33)27-20-35-30-15-12-23(18-26(27)30)24-16-17-34-19-24;1-2-6-10(7-3-1)11-8-4-5-9-12-11;/h1-19H;1-6,8-9H;/q2*-1;. The summed E-state index contributed by atoms with van der Waals surface area (Å²) in [6.45, 7) is 0. The number of hydrogen-bond donors (Lipinski definition) is 0. The molecule has 1 radical (unpaired) electrons. The summed E-state index contributed by atoms with van der Waals surface area (Å²) in [5.41, 5.74) is 11.0. The minimum atomic E-state index is 0. The van der Waals surface area contributed by atoms with Gasteiger partial charge < -0.3 is 18.4 Å². The average molecular weight is 798 g/mol. The molecule has 0 fully saturated rings. The summed E-state index contributed by atoms with van der Waals surface area (Å²) >= 11 is 0. The van der Waals surface area contributed by atoms with E-state index < -0.39 is 0 Å². The number of pyridine rings is 1. The summed E-state index contributed by atoms with van der Waals surface area (Å²) in [6, 6.07) is 52.0. The van der Waals surface area contributed by atoms with Gasteiger partial charge >= 0.3 is 0 Å². The van der Waals surface area contributed by atoms with Crippen LogP contribution in [0.2, 0.25) is 0 Å². The average Bonchev–Trinajstić information content (AvgIpc) is 3.92. The molecular formula is C42H27IrN3O2-2. The first-order valence-electron chi connectivity index (χ1n) is 15.3. The quantitative estimate of drug-likeness (QED) is 0.163. The van der Waals surface area contributed by atoms with Crippen molar-refractivity contribution in [2.75, 3.05) is 0 Å². The Bertz CT molecular complexity index is 2340. The Balaban J connectivity index is 0.000000237. The fourth-order valence-electron chi connectivity index (χ4n) is 5.71. The summed E-state index contributed by atoms with van der Waals surface area (Å²) in [6.07, 6.45) is 8.34. The minimum absolute atomic E-state index is 0. The zero-order valence-corrected chi connectivity index (χ0v) is 28.0. The van der Waals surface area contributed by atoms with Gasteiger partial charge in [0.05, 0.1) is 29.4 Å². The van der Waals surface area contributed by atoms with E-state index in [9.17, 15) is 0 Å². The smallest absolute Gasteiger partial charge is 0.0980 e. The number of para-hydroxylation sites is 2. The Morgan fingerprint density at radius 2 is 1.42 bits per heavy atom. The van der Waals surface area contributed by atoms with Gasteiger partial charge in [0.2, 0.25) is 0 Å². The zero-order chi connectivity index (χ0) is 31.4. The van der Waals surface area contributed by atoms with Crippen molar-refractivity contribution in [2.45, 2.75) is 0 Å². The van der Waals surface area contributed by atoms with E-state index >= 15 is 0 Å². The van der Waals surface area contributed by atoms with Crippen LogP contribution in [0.5, 0.6) is 0 Å². The molecule has 233 valence electrons. The van der Waals surface area contributed by atoms with Crippen LogP contribution in [0.15, 0.2) is 173 Å². The maximum absolute atomic E-state index is 5.84. The van der Waals surface area contributed by atoms with Gasteiger partial charge in [0.25, 0.3) is 0 Å². The SMILES string of the molecule is [Ir].[c-]1ccccc1-c1ccccn1.[c-]1oc2ccc(-c3ccoc3)cc2c1-c1nc2ccccc2n1-c1ccc(-c2ccccc2)cc1. The Morgan fingerprint density at radius 1 is 0.646 bits per heavy atom. The van der Waals surface area contributed by atoms with E-state index in [4.69, 9.17) is 13.8 Å². The number of aromatic nitrogens is 3. The first kappa shape index (κ1) is 30.8. The van der Waals surface area contributed by atoms with E-state index in [2.05, 4.69) is 82.5 Å². The largest absolute Gasteiger partial charge is 0.557 e. The first-order valence-corrected chi connectivity index (χ1v) is 15.3. The monoisotopic (exact) mass is 798 g/mol. The predicted molar refractivity (Wildman–Crippen MR) is 187 cm³/mol. The number of nitrogens with zero attached hydrogens (tertiary/aromatic N) is 3. The van der Waals surface area contributed by atoms with Crippen LogP contribution in [0.25, 0.3) is 72.6 Å². The van der Waals surface area contributed by atoms with Crippen molar-refractivity contribution >= 4 is 22.0 Å². The second kappa shape index (κ2) is 13.9. The van der Waals surface area contributed by atoms with Crippen LogP contribution in [0.1, 0.15) is 0 Å². The van der Waals surface area contributed by atoms with Gasteiger partial charge in [0.15, 0.2) is 0 Å². The Morgan fingerprint density at radius 3 is 2.19 bits per heavy atom. The molecule has 0 aliphatic heterocycles. The van der Waals surface area contributed by atoms with Crippen LogP contribution in [-0.2, 0) is 20.1 Å². The van der Waals surface area contributed by atoms with Gasteiger partial charge in [-0.25, -0.2) is 0 Å². The maximum atomic E-state index is 5.84. The molecular weight excluding hydrogens is 771 g/mol. The molecule has 4 heterocycles. The second-order valence-corrected chi connectivity index (χ2v) is 11.0. The predicted octanol–water partition coefficient (Wildman–Crippen LogP) is 10.7. The summed E-state index contributed by atoms with van der Waals surface area (Å²) in [5, 5.41) is 0.959. The molecule has 0 bridgehead atoms. The maximum Gasteiger partial charge on any atom is 0.0980 e. The molecule has 9 rings (SSSR count). The number of benzene rings is 5. The van der Waals surface area contributed by atoms with E-state index in [-0.39, 0.29) is 20.1 Å². The molecule has 0 aliphatic carbocycles. The molecule has 5 aromatic carbocycles. The zero-order valence-electron chi connectivity index (χ0n) is 25.6. The van der Waals surface area contributed by atoms with Gasteiger partial charge in [0.1, 0.15) is 0 Å². The van der Waals surface area contributed by atoms with Gasteiger partial charge in [-0.1, -0.05) is 95.9 Å². The molecule has 0 aliphatic rings. The number of furan rings is 2. The Kier molecular flexibility index (Phi) is 8.92. The number of imidazole rings is 1. The fraction of sp³-hybridized carbons (Fsp3) is 0. The summed E-state index contributed by atoms with van der Waals surface area (Å²) in [5.74, 6) is 0.793. The van der Waals surface area contributed by atoms with Crippen molar-refractivity contribution < 1.29 is 28.9 Å². The summed E-state index contributed by atoms with van der Waals surface area (Å²) < 4.78 is 13.3. The van der Waals surface area contributed by atoms with Crippen molar-refractivity contribution in [3.05, 3.63) is 177 Å². The van der Waals surface area contributed by atoms with Gasteiger partial charge in [-0.3, -0.25) is 4.98 Å². The van der Waals surface area contributed by atoms with Crippen LogP contribution in [-0.4, -0.2) is 14.5 Å². The van der Waals surface area contributed by atoms with E-state index in [1.807, 2.05) is 84.9 Å². The Hall–Kier alpha value is -5.81. The molecule has 6 heteroatoms. The number of hydrogen-bond acceptors (Lipinski definition) is 4. The van der Waals surface area contributed by atoms with Crippen LogP contribution in [0.3, 0.4) is 0 Å². The molecule has 0 saturated heterocycles. The number of fused-ring (bicyclic) bond motifs is 2. The molecule has 5 nitrogen and oxygen atoms in total. The minimum Gasteiger partial charge on any atom is -0.557 e. The molecule has 0 saturated carbocycles. The summed E-state index contributed by atoms with van der Waals surface area (Å²) in [7, 11) is 0. The fourth-order valence-corrected chi connectivity index (χ4v) is 5.71. The van der Waals surface area contributed by atoms with Crippen LogP contribution in [0, 0.1) is 12.3 Å². The van der Waals surface area contributed by atoms with Crippen molar-refractivity contribution in [1.82, 2.24) is 14.5 Å². The van der Waals surface area contributed by atoms with E-state index in [0.717, 1.165) is 61.5 Å². The van der Waals surface area contributed by atoms with Crippen molar-refractivity contribution in [1.29, 1.82) is 0 Å². The van der Waals surface area contributed by atoms with E-state index in [0.29, 0.717) is 0 Å². The third-order valence-electron chi connectivity index (χ3n) is 8.03. The molecule has 48 heavy (non-hydrogen) atoms. The molecule has 0 N–H and O–H groups in total. The third-order valence-corrected chi connectivity index (χ3v) is 8.03. The molecule has 0 atom stereocenters. The molecule has 0 spiro atoms. The Labute approximate surface area is 291 Å². The number of rotatable bonds is 5. The van der Waals surface area contributed by atoms with Gasteiger partial charge in [-0.2, -0.15) is 0 Å². The van der Waals surface area contributed by atoms with E-state index in [1.165, 1.54) is 11.1 Å². The normalized spacial score (nSPS) is 10.8. The topological polar surface area (TPSA) is 57.0 Å². The van der Waals surface area contributed by atoms with Crippen molar-refractivity contribution in [2.24, 2.45) is 0 Å². The van der Waals surface area contributed by atoms with Crippen molar-refractivity contribution in [3.63, 3.8) is 0 Å². The van der Waals surface area contributed by atoms with Gasteiger partial charge in [-0.15, -0.1) is 35.9 Å². The summed E-state index contributed by atoms with van der Waals surface area (Å²) in [4.78, 5) is 9.23.